The van der Waals surface area contributed by atoms with Crippen molar-refractivity contribution in [3.05, 3.63) is 76.3 Å². The van der Waals surface area contributed by atoms with Crippen molar-refractivity contribution >= 4 is 23.2 Å². The highest BCUT2D eigenvalue weighted by Crippen LogP contribution is 2.30. The number of nitrogens with one attached hydrogen (secondary N) is 1. The number of nitrogens with zero attached hydrogens (tertiary/aromatic N) is 2. The van der Waals surface area contributed by atoms with Gasteiger partial charge in [-0.15, -0.1) is 11.3 Å². The second kappa shape index (κ2) is 10.1. The fraction of sp³-hybridized carbons (Fsp3) is 0.346. The van der Waals surface area contributed by atoms with Crippen molar-refractivity contribution in [3.63, 3.8) is 0 Å². The van der Waals surface area contributed by atoms with Gasteiger partial charge in [0.15, 0.2) is 0 Å². The Hall–Kier alpha value is -2.99. The van der Waals surface area contributed by atoms with E-state index in [1.807, 2.05) is 42.2 Å². The van der Waals surface area contributed by atoms with Crippen molar-refractivity contribution in [2.75, 3.05) is 13.1 Å². The Morgan fingerprint density at radius 1 is 1.03 bits per heavy atom. The van der Waals surface area contributed by atoms with E-state index in [1.165, 1.54) is 16.9 Å². The molecule has 0 saturated carbocycles. The van der Waals surface area contributed by atoms with Gasteiger partial charge in [0.05, 0.1) is 5.69 Å². The van der Waals surface area contributed by atoms with Crippen molar-refractivity contribution < 1.29 is 9.59 Å². The van der Waals surface area contributed by atoms with Gasteiger partial charge in [0, 0.05) is 31.6 Å². The minimum Gasteiger partial charge on any atom is -0.352 e. The molecule has 2 aromatic carbocycles. The van der Waals surface area contributed by atoms with Crippen molar-refractivity contribution in [1.29, 1.82) is 0 Å². The maximum absolute atomic E-state index is 13.1. The number of hydrogen-bond acceptors (Lipinski definition) is 4. The predicted molar refractivity (Wildman–Crippen MR) is 129 cm³/mol. The van der Waals surface area contributed by atoms with E-state index in [0.29, 0.717) is 32.0 Å². The largest absolute Gasteiger partial charge is 0.352 e. The molecule has 0 radical (unpaired) electrons. The predicted octanol–water partition coefficient (Wildman–Crippen LogP) is 4.99. The maximum Gasteiger partial charge on any atom is 0.265 e. The van der Waals surface area contributed by atoms with Gasteiger partial charge in [-0.1, -0.05) is 60.2 Å². The smallest absolute Gasteiger partial charge is 0.265 e. The quantitative estimate of drug-likeness (QED) is 0.579. The SMILES string of the molecule is Cc1ccc(-c2nc(C)c(C(=O)N3CCC(CC(=O)NCc4ccccc4)CC3)s2)cc1. The van der Waals surface area contributed by atoms with Crippen LogP contribution in [-0.4, -0.2) is 34.8 Å². The molecule has 2 heterocycles. The molecule has 1 aliphatic rings. The average Bonchev–Trinajstić information content (AvgIpc) is 3.20. The molecule has 1 N–H and O–H groups in total. The van der Waals surface area contributed by atoms with E-state index in [4.69, 9.17) is 0 Å². The molecule has 166 valence electrons. The van der Waals surface area contributed by atoms with E-state index in [0.717, 1.165) is 39.5 Å². The summed E-state index contributed by atoms with van der Waals surface area (Å²) in [4.78, 5) is 32.7. The number of piperidine rings is 1. The number of likely N-dealkylation sites (tertiary alicyclic amines) is 1. The first-order valence-electron chi connectivity index (χ1n) is 11.1. The Morgan fingerprint density at radius 3 is 2.41 bits per heavy atom. The van der Waals surface area contributed by atoms with Gasteiger partial charge in [-0.05, 0) is 38.2 Å². The number of amides is 2. The summed E-state index contributed by atoms with van der Waals surface area (Å²) in [5.41, 5.74) is 4.14. The summed E-state index contributed by atoms with van der Waals surface area (Å²) in [5, 5.41) is 3.89. The number of rotatable bonds is 6. The van der Waals surface area contributed by atoms with Gasteiger partial charge < -0.3 is 10.2 Å². The Balaban J connectivity index is 1.29. The van der Waals surface area contributed by atoms with Crippen LogP contribution in [0, 0.1) is 19.8 Å². The van der Waals surface area contributed by atoms with Crippen molar-refractivity contribution in [2.45, 2.75) is 39.7 Å². The highest BCUT2D eigenvalue weighted by Gasteiger charge is 2.27. The molecular formula is C26H29N3O2S. The Labute approximate surface area is 193 Å². The number of aryl methyl sites for hydroxylation is 2. The van der Waals surface area contributed by atoms with Gasteiger partial charge in [-0.3, -0.25) is 9.59 Å². The molecule has 1 saturated heterocycles. The molecule has 1 fully saturated rings. The molecule has 0 atom stereocenters. The van der Waals surface area contributed by atoms with Gasteiger partial charge in [0.1, 0.15) is 9.88 Å². The Kier molecular flexibility index (Phi) is 7.00. The van der Waals surface area contributed by atoms with Crippen LogP contribution in [0.1, 0.15) is 45.8 Å². The molecule has 0 aliphatic carbocycles. The zero-order valence-electron chi connectivity index (χ0n) is 18.6. The summed E-state index contributed by atoms with van der Waals surface area (Å²) >= 11 is 1.47. The molecule has 1 aliphatic heterocycles. The second-order valence-corrected chi connectivity index (χ2v) is 9.50. The lowest BCUT2D eigenvalue weighted by Crippen LogP contribution is -2.39. The first kappa shape index (κ1) is 22.2. The minimum atomic E-state index is 0.0605. The molecule has 1 aromatic heterocycles. The van der Waals surface area contributed by atoms with Crippen molar-refractivity contribution in [3.8, 4) is 10.6 Å². The lowest BCUT2D eigenvalue weighted by Gasteiger charge is -2.31. The minimum absolute atomic E-state index is 0.0605. The Bertz CT molecular complexity index is 1070. The second-order valence-electron chi connectivity index (χ2n) is 8.50. The van der Waals surface area contributed by atoms with E-state index >= 15 is 0 Å². The van der Waals surface area contributed by atoms with Gasteiger partial charge >= 0.3 is 0 Å². The third-order valence-electron chi connectivity index (χ3n) is 6.00. The summed E-state index contributed by atoms with van der Waals surface area (Å²) in [5.74, 6) is 0.463. The lowest BCUT2D eigenvalue weighted by molar-refractivity contribution is -0.122. The highest BCUT2D eigenvalue weighted by atomic mass is 32.1. The fourth-order valence-electron chi connectivity index (χ4n) is 4.03. The van der Waals surface area contributed by atoms with Crippen molar-refractivity contribution in [1.82, 2.24) is 15.2 Å². The molecular weight excluding hydrogens is 418 g/mol. The van der Waals surface area contributed by atoms with E-state index in [1.54, 1.807) is 0 Å². The highest BCUT2D eigenvalue weighted by molar-refractivity contribution is 7.17. The third-order valence-corrected chi connectivity index (χ3v) is 7.19. The molecule has 32 heavy (non-hydrogen) atoms. The lowest BCUT2D eigenvalue weighted by atomic mass is 9.93. The number of aromatic nitrogens is 1. The molecule has 6 heteroatoms. The van der Waals surface area contributed by atoms with Crippen LogP contribution in [0.5, 0.6) is 0 Å². The standard InChI is InChI=1S/C26H29N3O2S/c1-18-8-10-22(11-9-18)25-28-19(2)24(32-25)26(31)29-14-12-20(13-15-29)16-23(30)27-17-21-6-4-3-5-7-21/h3-11,20H,12-17H2,1-2H3,(H,27,30). The van der Waals surface area contributed by atoms with Crippen LogP contribution in [0.3, 0.4) is 0 Å². The van der Waals surface area contributed by atoms with Gasteiger partial charge in [0.25, 0.3) is 5.91 Å². The summed E-state index contributed by atoms with van der Waals surface area (Å²) in [7, 11) is 0. The summed E-state index contributed by atoms with van der Waals surface area (Å²) in [6.45, 7) is 5.90. The van der Waals surface area contributed by atoms with Gasteiger partial charge in [-0.25, -0.2) is 4.98 Å². The molecule has 0 spiro atoms. The normalized spacial score (nSPS) is 14.4. The van der Waals surface area contributed by atoms with E-state index in [2.05, 4.69) is 41.5 Å². The third kappa shape index (κ3) is 5.43. The molecule has 4 rings (SSSR count). The first-order valence-corrected chi connectivity index (χ1v) is 12.0. The molecule has 0 bridgehead atoms. The fourth-order valence-corrected chi connectivity index (χ4v) is 5.07. The maximum atomic E-state index is 13.1. The van der Waals surface area contributed by atoms with Crippen LogP contribution in [0.15, 0.2) is 54.6 Å². The zero-order chi connectivity index (χ0) is 22.5. The zero-order valence-corrected chi connectivity index (χ0v) is 19.5. The topological polar surface area (TPSA) is 62.3 Å². The van der Waals surface area contributed by atoms with E-state index in [9.17, 15) is 9.59 Å². The number of carbonyl (C=O) groups is 2. The summed E-state index contributed by atoms with van der Waals surface area (Å²) in [6, 6.07) is 18.2. The summed E-state index contributed by atoms with van der Waals surface area (Å²) in [6.07, 6.45) is 2.23. The van der Waals surface area contributed by atoms with Crippen LogP contribution in [0.2, 0.25) is 0 Å². The first-order chi connectivity index (χ1) is 15.5. The molecule has 2 amide bonds. The van der Waals surface area contributed by atoms with Crippen LogP contribution in [0.25, 0.3) is 10.6 Å². The van der Waals surface area contributed by atoms with Gasteiger partial charge in [-0.2, -0.15) is 0 Å². The monoisotopic (exact) mass is 447 g/mol. The molecule has 5 nitrogen and oxygen atoms in total. The summed E-state index contributed by atoms with van der Waals surface area (Å²) < 4.78 is 0. The van der Waals surface area contributed by atoms with Crippen LogP contribution in [-0.2, 0) is 11.3 Å². The molecule has 0 unspecified atom stereocenters. The number of hydrogen-bond donors (Lipinski definition) is 1. The van der Waals surface area contributed by atoms with Crippen LogP contribution in [0.4, 0.5) is 0 Å². The number of thiazole rings is 1. The molecule has 3 aromatic rings. The van der Waals surface area contributed by atoms with E-state index in [-0.39, 0.29) is 11.8 Å². The number of carbonyl (C=O) groups excluding carboxylic acids is 2. The van der Waals surface area contributed by atoms with Gasteiger partial charge in [0.2, 0.25) is 5.91 Å². The van der Waals surface area contributed by atoms with Crippen LogP contribution < -0.4 is 5.32 Å². The number of benzene rings is 2. The van der Waals surface area contributed by atoms with E-state index < -0.39 is 0 Å². The van der Waals surface area contributed by atoms with Crippen molar-refractivity contribution in [2.24, 2.45) is 5.92 Å². The Morgan fingerprint density at radius 2 is 1.72 bits per heavy atom. The average molecular weight is 448 g/mol. The van der Waals surface area contributed by atoms with Crippen LogP contribution >= 0.6 is 11.3 Å².